The largest absolute Gasteiger partial charge is 0.377 e. The average molecular weight is 217 g/mol. The molecule has 0 saturated carbocycles. The third kappa shape index (κ3) is 1.48. The molecule has 86 valence electrons. The quantitative estimate of drug-likeness (QED) is 0.818. The van der Waals surface area contributed by atoms with E-state index in [0.29, 0.717) is 0 Å². The Bertz CT molecular complexity index is 390. The minimum atomic E-state index is 0.0898. The molecule has 1 aromatic rings. The monoisotopic (exact) mass is 217 g/mol. The number of ether oxygens (including phenoxy) is 1. The van der Waals surface area contributed by atoms with Crippen LogP contribution in [-0.4, -0.2) is 20.3 Å². The van der Waals surface area contributed by atoms with E-state index in [1.54, 1.807) is 11.1 Å². The summed E-state index contributed by atoms with van der Waals surface area (Å²) in [6.07, 6.45) is 5.22. The molecule has 0 unspecified atom stereocenters. The predicted octanol–water partition coefficient (Wildman–Crippen LogP) is 2.01. The maximum absolute atomic E-state index is 5.37. The van der Waals surface area contributed by atoms with Crippen molar-refractivity contribution >= 4 is 0 Å². The lowest BCUT2D eigenvalue weighted by Crippen LogP contribution is -2.56. The van der Waals surface area contributed by atoms with Crippen LogP contribution in [0, 0.1) is 0 Å². The lowest BCUT2D eigenvalue weighted by Gasteiger charge is -2.42. The minimum absolute atomic E-state index is 0.0898. The molecule has 0 spiro atoms. The van der Waals surface area contributed by atoms with E-state index in [-0.39, 0.29) is 5.54 Å². The normalized spacial score (nSPS) is 22.3. The fourth-order valence-electron chi connectivity index (χ4n) is 2.79. The molecule has 1 aliphatic carbocycles. The van der Waals surface area contributed by atoms with Crippen molar-refractivity contribution in [3.8, 4) is 0 Å². The summed E-state index contributed by atoms with van der Waals surface area (Å²) in [7, 11) is 2.03. The van der Waals surface area contributed by atoms with E-state index in [4.69, 9.17) is 4.74 Å². The van der Waals surface area contributed by atoms with Crippen LogP contribution in [0.1, 0.15) is 29.5 Å². The van der Waals surface area contributed by atoms with Crippen molar-refractivity contribution in [1.82, 2.24) is 5.32 Å². The van der Waals surface area contributed by atoms with Gasteiger partial charge in [0.25, 0.3) is 0 Å². The van der Waals surface area contributed by atoms with Crippen molar-refractivity contribution in [2.75, 3.05) is 20.3 Å². The number of rotatable bonds is 2. The van der Waals surface area contributed by atoms with Gasteiger partial charge >= 0.3 is 0 Å². The van der Waals surface area contributed by atoms with Crippen molar-refractivity contribution in [1.29, 1.82) is 0 Å². The van der Waals surface area contributed by atoms with E-state index >= 15 is 0 Å². The van der Waals surface area contributed by atoms with Gasteiger partial charge in [-0.15, -0.1) is 0 Å². The fraction of sp³-hybridized carbons (Fsp3) is 0.571. The molecule has 3 rings (SSSR count). The summed E-state index contributed by atoms with van der Waals surface area (Å²) in [5.41, 5.74) is 4.61. The van der Waals surface area contributed by atoms with Crippen LogP contribution in [0.25, 0.3) is 0 Å². The highest BCUT2D eigenvalue weighted by Gasteiger charge is 2.38. The zero-order chi connectivity index (χ0) is 11.0. The molecule has 0 aromatic heterocycles. The number of fused-ring (bicyclic) bond motifs is 1. The standard InChI is InChI=1S/C14H19NO/c1-15-14(9-16-10-14)13-7-6-11-4-2-3-5-12(11)8-13/h6-8,15H,2-5,9-10H2,1H3. The molecule has 1 aromatic carbocycles. The first kappa shape index (κ1) is 10.3. The number of aryl methyl sites for hydroxylation is 2. The van der Waals surface area contributed by atoms with Crippen LogP contribution in [-0.2, 0) is 23.1 Å². The molecule has 2 heteroatoms. The summed E-state index contributed by atoms with van der Waals surface area (Å²) in [4.78, 5) is 0. The maximum Gasteiger partial charge on any atom is 0.0906 e. The second-order valence-corrected chi connectivity index (χ2v) is 5.02. The van der Waals surface area contributed by atoms with Gasteiger partial charge in [0.1, 0.15) is 0 Å². The van der Waals surface area contributed by atoms with Crippen LogP contribution in [0.4, 0.5) is 0 Å². The Morgan fingerprint density at radius 3 is 2.50 bits per heavy atom. The van der Waals surface area contributed by atoms with Gasteiger partial charge in [-0.25, -0.2) is 0 Å². The summed E-state index contributed by atoms with van der Waals surface area (Å²) in [6, 6.07) is 7.00. The molecule has 16 heavy (non-hydrogen) atoms. The maximum atomic E-state index is 5.37. The van der Waals surface area contributed by atoms with Crippen LogP contribution in [0.3, 0.4) is 0 Å². The highest BCUT2D eigenvalue weighted by molar-refractivity contribution is 5.38. The fourth-order valence-corrected chi connectivity index (χ4v) is 2.79. The van der Waals surface area contributed by atoms with Gasteiger partial charge in [0.15, 0.2) is 0 Å². The minimum Gasteiger partial charge on any atom is -0.377 e. The van der Waals surface area contributed by atoms with Gasteiger partial charge in [0.05, 0.1) is 18.8 Å². The van der Waals surface area contributed by atoms with Gasteiger partial charge in [-0.3, -0.25) is 0 Å². The van der Waals surface area contributed by atoms with Gasteiger partial charge in [-0.2, -0.15) is 0 Å². The Balaban J connectivity index is 1.96. The van der Waals surface area contributed by atoms with Crippen LogP contribution in [0.15, 0.2) is 18.2 Å². The zero-order valence-electron chi connectivity index (χ0n) is 9.88. The van der Waals surface area contributed by atoms with E-state index in [0.717, 1.165) is 13.2 Å². The van der Waals surface area contributed by atoms with Gasteiger partial charge in [0.2, 0.25) is 0 Å². The van der Waals surface area contributed by atoms with Crippen molar-refractivity contribution in [2.45, 2.75) is 31.2 Å². The first-order valence-electron chi connectivity index (χ1n) is 6.23. The third-order valence-corrected chi connectivity index (χ3v) is 4.08. The van der Waals surface area contributed by atoms with E-state index in [1.165, 1.54) is 31.2 Å². The van der Waals surface area contributed by atoms with E-state index in [2.05, 4.69) is 23.5 Å². The first-order chi connectivity index (χ1) is 7.84. The molecule has 1 heterocycles. The highest BCUT2D eigenvalue weighted by atomic mass is 16.5. The Morgan fingerprint density at radius 2 is 1.88 bits per heavy atom. The summed E-state index contributed by atoms with van der Waals surface area (Å²) in [5.74, 6) is 0. The van der Waals surface area contributed by atoms with E-state index < -0.39 is 0 Å². The summed E-state index contributed by atoms with van der Waals surface area (Å²) in [5, 5.41) is 3.41. The van der Waals surface area contributed by atoms with Gasteiger partial charge in [-0.05, 0) is 49.4 Å². The molecule has 1 N–H and O–H groups in total. The van der Waals surface area contributed by atoms with Gasteiger partial charge in [0, 0.05) is 0 Å². The van der Waals surface area contributed by atoms with E-state index in [1.807, 2.05) is 7.05 Å². The number of nitrogens with one attached hydrogen (secondary N) is 1. The second kappa shape index (κ2) is 3.86. The molecule has 2 nitrogen and oxygen atoms in total. The average Bonchev–Trinajstić information content (AvgIpc) is 2.28. The number of hydrogen-bond donors (Lipinski definition) is 1. The smallest absolute Gasteiger partial charge is 0.0906 e. The second-order valence-electron chi connectivity index (χ2n) is 5.02. The van der Waals surface area contributed by atoms with Crippen LogP contribution >= 0.6 is 0 Å². The lowest BCUT2D eigenvalue weighted by molar-refractivity contribution is -0.0748. The Morgan fingerprint density at radius 1 is 1.12 bits per heavy atom. The van der Waals surface area contributed by atoms with Crippen molar-refractivity contribution in [3.05, 3.63) is 34.9 Å². The molecular formula is C14H19NO. The molecule has 0 bridgehead atoms. The van der Waals surface area contributed by atoms with E-state index in [9.17, 15) is 0 Å². The van der Waals surface area contributed by atoms with Gasteiger partial charge < -0.3 is 10.1 Å². The number of hydrogen-bond acceptors (Lipinski definition) is 2. The molecule has 1 saturated heterocycles. The van der Waals surface area contributed by atoms with Crippen molar-refractivity contribution in [2.24, 2.45) is 0 Å². The van der Waals surface area contributed by atoms with Crippen molar-refractivity contribution in [3.63, 3.8) is 0 Å². The van der Waals surface area contributed by atoms with Crippen LogP contribution in [0.2, 0.25) is 0 Å². The Kier molecular flexibility index (Phi) is 2.49. The summed E-state index contributed by atoms with van der Waals surface area (Å²) in [6.45, 7) is 1.62. The molecule has 0 atom stereocenters. The summed E-state index contributed by atoms with van der Waals surface area (Å²) < 4.78 is 5.37. The summed E-state index contributed by atoms with van der Waals surface area (Å²) >= 11 is 0. The SMILES string of the molecule is CNC1(c2ccc3c(c2)CCCC3)COC1. The van der Waals surface area contributed by atoms with Crippen LogP contribution in [0.5, 0.6) is 0 Å². The molecule has 1 fully saturated rings. The number of likely N-dealkylation sites (N-methyl/N-ethyl adjacent to an activating group) is 1. The predicted molar refractivity (Wildman–Crippen MR) is 64.6 cm³/mol. The molecule has 0 radical (unpaired) electrons. The Hall–Kier alpha value is -0.860. The van der Waals surface area contributed by atoms with Gasteiger partial charge in [-0.1, -0.05) is 18.2 Å². The molecule has 0 amide bonds. The van der Waals surface area contributed by atoms with Crippen LogP contribution < -0.4 is 5.32 Å². The lowest BCUT2D eigenvalue weighted by atomic mass is 9.83. The first-order valence-corrected chi connectivity index (χ1v) is 6.23. The Labute approximate surface area is 97.0 Å². The number of benzene rings is 1. The highest BCUT2D eigenvalue weighted by Crippen LogP contribution is 2.32. The molecule has 2 aliphatic rings. The van der Waals surface area contributed by atoms with Crippen molar-refractivity contribution < 1.29 is 4.74 Å². The topological polar surface area (TPSA) is 21.3 Å². The molecular weight excluding hydrogens is 198 g/mol. The molecule has 1 aliphatic heterocycles. The third-order valence-electron chi connectivity index (χ3n) is 4.08. The zero-order valence-corrected chi connectivity index (χ0v) is 9.88.